The fourth-order valence-electron chi connectivity index (χ4n) is 5.01. The summed E-state index contributed by atoms with van der Waals surface area (Å²) in [5.41, 5.74) is 13.6. The number of aromatic amines is 1. The van der Waals surface area contributed by atoms with Gasteiger partial charge in [0, 0.05) is 35.7 Å². The van der Waals surface area contributed by atoms with Crippen LogP contribution >= 0.6 is 12.6 Å². The van der Waals surface area contributed by atoms with E-state index in [4.69, 9.17) is 11.5 Å². The van der Waals surface area contributed by atoms with Gasteiger partial charge in [0.05, 0.1) is 12.1 Å². The lowest BCUT2D eigenvalue weighted by molar-refractivity contribution is -0.134. The second-order valence-corrected chi connectivity index (χ2v) is 12.0. The number of H-pyrrole nitrogens is 1. The molecule has 260 valence electrons. The fraction of sp³-hybridized carbons (Fsp3) is 0.424. The second-order valence-electron chi connectivity index (χ2n) is 11.6. The lowest BCUT2D eigenvalue weighted by Crippen LogP contribution is -2.59. The third-order valence-corrected chi connectivity index (χ3v) is 8.22. The van der Waals surface area contributed by atoms with Crippen molar-refractivity contribution in [1.82, 2.24) is 26.3 Å². The number of phenolic OH excluding ortho intramolecular Hbond substituents is 1. The van der Waals surface area contributed by atoms with E-state index in [1.54, 1.807) is 18.3 Å². The molecule has 4 amide bonds. The number of unbranched alkanes of at least 4 members (excludes halogenated alkanes) is 1. The van der Waals surface area contributed by atoms with Gasteiger partial charge in [-0.25, -0.2) is 0 Å². The minimum Gasteiger partial charge on any atom is -0.508 e. The molecule has 0 radical (unpaired) electrons. The Labute approximate surface area is 284 Å². The van der Waals surface area contributed by atoms with E-state index in [1.807, 2.05) is 24.3 Å². The van der Waals surface area contributed by atoms with E-state index in [-0.39, 0.29) is 30.8 Å². The number of aldehydes is 1. The monoisotopic (exact) mass is 683 g/mol. The largest absolute Gasteiger partial charge is 0.508 e. The van der Waals surface area contributed by atoms with E-state index in [9.17, 15) is 34.2 Å². The van der Waals surface area contributed by atoms with Gasteiger partial charge >= 0.3 is 0 Å². The number of amides is 4. The average molecular weight is 684 g/mol. The summed E-state index contributed by atoms with van der Waals surface area (Å²) in [6.45, 7) is 1.71. The van der Waals surface area contributed by atoms with Crippen molar-refractivity contribution < 1.29 is 34.2 Å². The molecule has 3 aromatic rings. The number of aliphatic hydroxyl groups is 1. The van der Waals surface area contributed by atoms with Gasteiger partial charge in [-0.1, -0.05) is 30.3 Å². The molecular weight excluding hydrogens is 638 g/mol. The summed E-state index contributed by atoms with van der Waals surface area (Å²) >= 11 is 4.07. The summed E-state index contributed by atoms with van der Waals surface area (Å²) in [7, 11) is 0. The number of benzene rings is 2. The van der Waals surface area contributed by atoms with Gasteiger partial charge in [0.15, 0.2) is 0 Å². The van der Waals surface area contributed by atoms with E-state index >= 15 is 0 Å². The number of para-hydroxylation sites is 1. The first-order valence-corrected chi connectivity index (χ1v) is 16.3. The topological polar surface area (TPSA) is 242 Å². The van der Waals surface area contributed by atoms with Crippen LogP contribution in [0.5, 0.6) is 5.75 Å². The van der Waals surface area contributed by atoms with Gasteiger partial charge in [-0.3, -0.25) is 19.2 Å². The molecule has 2 aromatic carbocycles. The molecule has 3 rings (SSSR count). The van der Waals surface area contributed by atoms with Crippen molar-refractivity contribution in [3.05, 3.63) is 65.9 Å². The van der Waals surface area contributed by atoms with E-state index < -0.39 is 59.9 Å². The maximum atomic E-state index is 14.0. The second kappa shape index (κ2) is 18.8. The highest BCUT2D eigenvalue weighted by Gasteiger charge is 2.32. The van der Waals surface area contributed by atoms with Gasteiger partial charge < -0.3 is 52.7 Å². The zero-order valence-electron chi connectivity index (χ0n) is 26.7. The van der Waals surface area contributed by atoms with Gasteiger partial charge in [0.1, 0.15) is 36.2 Å². The third-order valence-electron chi connectivity index (χ3n) is 7.83. The molecule has 0 aliphatic heterocycles. The summed E-state index contributed by atoms with van der Waals surface area (Å²) in [6, 6.07) is 7.80. The molecular formula is C33H45N7O7S. The number of carbonyl (C=O) groups is 5. The smallest absolute Gasteiger partial charge is 0.243 e. The Hall–Kier alpha value is -4.44. The molecule has 0 saturated carbocycles. The highest BCUT2D eigenvalue weighted by atomic mass is 32.1. The van der Waals surface area contributed by atoms with Gasteiger partial charge in [0.2, 0.25) is 23.6 Å². The number of rotatable bonds is 19. The van der Waals surface area contributed by atoms with Gasteiger partial charge in [0.25, 0.3) is 0 Å². The van der Waals surface area contributed by atoms with Crippen LogP contribution in [0.3, 0.4) is 0 Å². The van der Waals surface area contributed by atoms with E-state index in [0.29, 0.717) is 36.8 Å². The standard InChI is InChI=1S/C33H45N7O7S/c1-19(42)29(17-41)40-31(45)26(8-4-5-13-34)37-33(47)28(15-21-16-36-25-7-3-2-6-23(21)25)39-32(46)27(38-30(44)24(35)18-48)14-20-9-11-22(43)12-10-20/h2-3,6-7,9-12,16-17,19,24,26-29,36,42-43,48H,4-5,8,13-15,18,34-35H2,1H3,(H,37,47)(H,38,44)(H,39,46)(H,40,45)/t19-,24+,26+,27+,28-,29-/m1/s1. The van der Waals surface area contributed by atoms with Crippen LogP contribution in [0, 0.1) is 0 Å². The predicted octanol–water partition coefficient (Wildman–Crippen LogP) is -0.436. The average Bonchev–Trinajstić information content (AvgIpc) is 3.48. The molecule has 0 fully saturated rings. The van der Waals surface area contributed by atoms with E-state index in [0.717, 1.165) is 10.9 Å². The number of hydrogen-bond donors (Lipinski definition) is 10. The first kappa shape index (κ1) is 38.0. The summed E-state index contributed by atoms with van der Waals surface area (Å²) in [4.78, 5) is 68.5. The van der Waals surface area contributed by atoms with Crippen LogP contribution in [-0.2, 0) is 36.8 Å². The molecule has 0 aliphatic carbocycles. The number of thiol groups is 1. The molecule has 0 bridgehead atoms. The zero-order valence-corrected chi connectivity index (χ0v) is 27.6. The highest BCUT2D eigenvalue weighted by molar-refractivity contribution is 7.80. The van der Waals surface area contributed by atoms with Crippen molar-refractivity contribution in [3.63, 3.8) is 0 Å². The van der Waals surface area contributed by atoms with Crippen LogP contribution in [0.15, 0.2) is 54.7 Å². The van der Waals surface area contributed by atoms with Gasteiger partial charge in [-0.2, -0.15) is 12.6 Å². The fourth-order valence-corrected chi connectivity index (χ4v) is 5.17. The predicted molar refractivity (Wildman–Crippen MR) is 184 cm³/mol. The molecule has 15 heteroatoms. The summed E-state index contributed by atoms with van der Waals surface area (Å²) in [5.74, 6) is -2.65. The molecule has 0 unspecified atom stereocenters. The summed E-state index contributed by atoms with van der Waals surface area (Å²) < 4.78 is 0. The number of aliphatic hydroxyl groups excluding tert-OH is 1. The molecule has 6 atom stereocenters. The van der Waals surface area contributed by atoms with Crippen molar-refractivity contribution in [2.75, 3.05) is 12.3 Å². The maximum Gasteiger partial charge on any atom is 0.243 e. The molecule has 48 heavy (non-hydrogen) atoms. The van der Waals surface area contributed by atoms with Crippen molar-refractivity contribution in [1.29, 1.82) is 0 Å². The van der Waals surface area contributed by atoms with Gasteiger partial charge in [-0.05, 0) is 62.1 Å². The van der Waals surface area contributed by atoms with E-state index in [2.05, 4.69) is 38.9 Å². The van der Waals surface area contributed by atoms with Crippen LogP contribution in [0.1, 0.15) is 37.3 Å². The number of phenols is 1. The molecule has 0 aliphatic rings. The first-order chi connectivity index (χ1) is 23.0. The number of carbonyl (C=O) groups excluding carboxylic acids is 5. The highest BCUT2D eigenvalue weighted by Crippen LogP contribution is 2.20. The van der Waals surface area contributed by atoms with Crippen molar-refractivity contribution in [3.8, 4) is 5.75 Å². The Morgan fingerprint density at radius 1 is 0.875 bits per heavy atom. The van der Waals surface area contributed by atoms with Crippen molar-refractivity contribution in [2.24, 2.45) is 11.5 Å². The number of hydrogen-bond acceptors (Lipinski definition) is 10. The minimum absolute atomic E-state index is 0.00904. The number of nitrogens with two attached hydrogens (primary N) is 2. The number of aromatic hydroxyl groups is 1. The van der Waals surface area contributed by atoms with Crippen LogP contribution in [-0.4, -0.2) is 93.7 Å². The molecule has 11 N–H and O–H groups in total. The van der Waals surface area contributed by atoms with E-state index in [1.165, 1.54) is 19.1 Å². The van der Waals surface area contributed by atoms with Crippen LogP contribution in [0.4, 0.5) is 0 Å². The van der Waals surface area contributed by atoms with Crippen molar-refractivity contribution in [2.45, 2.75) is 75.3 Å². The van der Waals surface area contributed by atoms with Crippen molar-refractivity contribution >= 4 is 53.4 Å². The Balaban J connectivity index is 1.94. The van der Waals surface area contributed by atoms with Gasteiger partial charge in [-0.15, -0.1) is 0 Å². The summed E-state index contributed by atoms with van der Waals surface area (Å²) in [5, 5.41) is 31.0. The lowest BCUT2D eigenvalue weighted by Gasteiger charge is -2.27. The van der Waals surface area contributed by atoms with Crippen LogP contribution < -0.4 is 32.7 Å². The lowest BCUT2D eigenvalue weighted by atomic mass is 10.0. The maximum absolute atomic E-state index is 14.0. The molecule has 1 heterocycles. The third kappa shape index (κ3) is 11.1. The quantitative estimate of drug-likeness (QED) is 0.0447. The Morgan fingerprint density at radius 3 is 2.10 bits per heavy atom. The number of fused-ring (bicyclic) bond motifs is 1. The summed E-state index contributed by atoms with van der Waals surface area (Å²) in [6.07, 6.45) is 2.20. The number of nitrogens with one attached hydrogen (secondary N) is 5. The first-order valence-electron chi connectivity index (χ1n) is 15.7. The number of aromatic nitrogens is 1. The molecule has 14 nitrogen and oxygen atoms in total. The minimum atomic E-state index is -1.22. The molecule has 1 aromatic heterocycles. The Morgan fingerprint density at radius 2 is 1.48 bits per heavy atom. The van der Waals surface area contributed by atoms with Crippen LogP contribution in [0.2, 0.25) is 0 Å². The molecule has 0 spiro atoms. The molecule has 0 saturated heterocycles. The Kier molecular flexibility index (Phi) is 14.9. The zero-order chi connectivity index (χ0) is 35.2. The normalized spacial score (nSPS) is 14.9. The van der Waals surface area contributed by atoms with Crippen LogP contribution in [0.25, 0.3) is 10.9 Å². The SMILES string of the molecule is C[C@@H](O)[C@@H](C=O)NC(=O)[C@H](CCCCN)NC(=O)[C@@H](Cc1c[nH]c2ccccc12)NC(=O)[C@H](Cc1ccc(O)cc1)NC(=O)[C@@H](N)CS. The Bertz CT molecular complexity index is 1530.